The quantitative estimate of drug-likeness (QED) is 0.307. The van der Waals surface area contributed by atoms with Crippen LogP contribution in [0.25, 0.3) is 0 Å². The van der Waals surface area contributed by atoms with Crippen molar-refractivity contribution in [1.82, 2.24) is 4.57 Å². The van der Waals surface area contributed by atoms with Crippen LogP contribution in [0.15, 0.2) is 54.6 Å². The average molecular weight is 496 g/mol. The summed E-state index contributed by atoms with van der Waals surface area (Å²) in [6, 6.07) is 15.8. The summed E-state index contributed by atoms with van der Waals surface area (Å²) in [5.74, 6) is 0.333. The number of halogens is 1. The third-order valence-corrected chi connectivity index (χ3v) is 6.17. The summed E-state index contributed by atoms with van der Waals surface area (Å²) in [5, 5.41) is 0.531. The molecule has 0 aliphatic carbocycles. The number of Topliss-reactive ketones (excluding diaryl/α,β-unsaturated/α-hetero) is 2. The minimum atomic E-state index is -0.596. The van der Waals surface area contributed by atoms with Crippen molar-refractivity contribution in [1.29, 1.82) is 0 Å². The highest BCUT2D eigenvalue weighted by atomic mass is 35.5. The van der Waals surface area contributed by atoms with Gasteiger partial charge in [0.2, 0.25) is 5.78 Å². The largest absolute Gasteiger partial charge is 0.486 e. The highest BCUT2D eigenvalue weighted by molar-refractivity contribution is 6.30. The molecule has 0 amide bonds. The summed E-state index contributed by atoms with van der Waals surface area (Å²) in [5.41, 5.74) is 2.63. The maximum Gasteiger partial charge on any atom is 0.306 e. The molecule has 2 aromatic carbocycles. The number of hydrogen-bond acceptors (Lipinski definition) is 6. The Bertz CT molecular complexity index is 1250. The molecule has 182 valence electrons. The zero-order chi connectivity index (χ0) is 24.9. The summed E-state index contributed by atoms with van der Waals surface area (Å²) in [4.78, 5) is 37.1. The van der Waals surface area contributed by atoms with E-state index in [1.165, 1.54) is 0 Å². The number of ether oxygens (including phenoxy) is 3. The Morgan fingerprint density at radius 2 is 1.71 bits per heavy atom. The Labute approximate surface area is 208 Å². The molecule has 0 spiro atoms. The van der Waals surface area contributed by atoms with Crippen molar-refractivity contribution < 1.29 is 28.6 Å². The molecule has 0 radical (unpaired) electrons. The number of rotatable bonds is 9. The average Bonchev–Trinajstić information content (AvgIpc) is 3.14. The summed E-state index contributed by atoms with van der Waals surface area (Å²) in [7, 11) is 0. The molecule has 0 N–H and O–H groups in total. The van der Waals surface area contributed by atoms with Crippen LogP contribution in [0, 0.1) is 13.8 Å². The van der Waals surface area contributed by atoms with Crippen LogP contribution in [0.1, 0.15) is 44.9 Å². The number of fused-ring (bicyclic) bond motifs is 1. The lowest BCUT2D eigenvalue weighted by Crippen LogP contribution is -2.33. The van der Waals surface area contributed by atoms with Crippen molar-refractivity contribution in [2.24, 2.45) is 0 Å². The second-order valence-corrected chi connectivity index (χ2v) is 8.84. The van der Waals surface area contributed by atoms with Gasteiger partial charge in [-0.1, -0.05) is 23.7 Å². The van der Waals surface area contributed by atoms with Gasteiger partial charge in [-0.05, 0) is 56.3 Å². The van der Waals surface area contributed by atoms with E-state index in [0.29, 0.717) is 35.1 Å². The number of carbonyl (C=O) groups is 3. The Morgan fingerprint density at radius 1 is 1.00 bits per heavy atom. The number of para-hydroxylation sites is 2. The predicted molar refractivity (Wildman–Crippen MR) is 131 cm³/mol. The first-order valence-electron chi connectivity index (χ1n) is 11.3. The Kier molecular flexibility index (Phi) is 7.56. The molecule has 0 saturated carbocycles. The van der Waals surface area contributed by atoms with Gasteiger partial charge in [-0.25, -0.2) is 0 Å². The standard InChI is InChI=1S/C27H26ClNO6/c1-17-13-22(18(2)29(17)14-21-15-33-25-5-3-4-6-26(25)35-21)24(31)16-34-27(32)12-11-23(30)19-7-9-20(28)10-8-19/h3-10,13,21H,11-12,14-16H2,1-2H3. The van der Waals surface area contributed by atoms with E-state index in [1.807, 2.05) is 42.7 Å². The van der Waals surface area contributed by atoms with Crippen LogP contribution in [0.2, 0.25) is 5.02 Å². The van der Waals surface area contributed by atoms with Gasteiger partial charge in [0, 0.05) is 34.0 Å². The van der Waals surface area contributed by atoms with Gasteiger partial charge in [-0.2, -0.15) is 0 Å². The van der Waals surface area contributed by atoms with Crippen molar-refractivity contribution in [3.8, 4) is 11.5 Å². The van der Waals surface area contributed by atoms with Gasteiger partial charge in [0.05, 0.1) is 13.0 Å². The van der Waals surface area contributed by atoms with E-state index < -0.39 is 5.97 Å². The van der Waals surface area contributed by atoms with E-state index in [-0.39, 0.29) is 37.1 Å². The summed E-state index contributed by atoms with van der Waals surface area (Å²) < 4.78 is 19.0. The molecule has 1 aliphatic heterocycles. The summed E-state index contributed by atoms with van der Waals surface area (Å²) in [6.45, 7) is 4.31. The first-order valence-corrected chi connectivity index (χ1v) is 11.7. The van der Waals surface area contributed by atoms with Gasteiger partial charge in [0.15, 0.2) is 30.0 Å². The second-order valence-electron chi connectivity index (χ2n) is 8.41. The van der Waals surface area contributed by atoms with E-state index in [4.69, 9.17) is 25.8 Å². The minimum Gasteiger partial charge on any atom is -0.486 e. The van der Waals surface area contributed by atoms with Crippen molar-refractivity contribution >= 4 is 29.1 Å². The topological polar surface area (TPSA) is 83.8 Å². The van der Waals surface area contributed by atoms with Crippen molar-refractivity contribution in [2.45, 2.75) is 39.3 Å². The van der Waals surface area contributed by atoms with E-state index in [2.05, 4.69) is 0 Å². The highest BCUT2D eigenvalue weighted by Crippen LogP contribution is 2.31. The smallest absolute Gasteiger partial charge is 0.306 e. The summed E-state index contributed by atoms with van der Waals surface area (Å²) >= 11 is 5.82. The molecule has 4 rings (SSSR count). The van der Waals surface area contributed by atoms with Gasteiger partial charge < -0.3 is 18.8 Å². The molecule has 7 nitrogen and oxygen atoms in total. The molecule has 2 heterocycles. The Hall–Kier alpha value is -3.58. The van der Waals surface area contributed by atoms with Crippen LogP contribution in [0.4, 0.5) is 0 Å². The molecular formula is C27H26ClNO6. The van der Waals surface area contributed by atoms with E-state index in [9.17, 15) is 14.4 Å². The zero-order valence-corrected chi connectivity index (χ0v) is 20.3. The molecule has 1 aromatic heterocycles. The van der Waals surface area contributed by atoms with Crippen LogP contribution in [-0.2, 0) is 16.1 Å². The number of benzene rings is 2. The molecule has 35 heavy (non-hydrogen) atoms. The number of ketones is 2. The van der Waals surface area contributed by atoms with Crippen molar-refractivity contribution in [3.63, 3.8) is 0 Å². The molecule has 0 saturated heterocycles. The fraction of sp³-hybridized carbons (Fsp3) is 0.296. The molecule has 1 aliphatic rings. The van der Waals surface area contributed by atoms with Crippen LogP contribution < -0.4 is 9.47 Å². The fourth-order valence-electron chi connectivity index (χ4n) is 4.01. The number of hydrogen-bond donors (Lipinski definition) is 0. The SMILES string of the molecule is Cc1cc(C(=O)COC(=O)CCC(=O)c2ccc(Cl)cc2)c(C)n1CC1COc2ccccc2O1. The minimum absolute atomic E-state index is 0.00421. The van der Waals surface area contributed by atoms with Crippen LogP contribution in [0.3, 0.4) is 0 Å². The highest BCUT2D eigenvalue weighted by Gasteiger charge is 2.24. The van der Waals surface area contributed by atoms with Crippen LogP contribution in [0.5, 0.6) is 11.5 Å². The van der Waals surface area contributed by atoms with Gasteiger partial charge in [0.1, 0.15) is 6.61 Å². The molecule has 8 heteroatoms. The lowest BCUT2D eigenvalue weighted by molar-refractivity contribution is -0.142. The second kappa shape index (κ2) is 10.8. The lowest BCUT2D eigenvalue weighted by Gasteiger charge is -2.27. The number of nitrogens with zero attached hydrogens (tertiary/aromatic N) is 1. The van der Waals surface area contributed by atoms with Gasteiger partial charge in [-0.15, -0.1) is 0 Å². The predicted octanol–water partition coefficient (Wildman–Crippen LogP) is 4.99. The maximum atomic E-state index is 12.8. The van der Waals surface area contributed by atoms with Gasteiger partial charge in [-0.3, -0.25) is 14.4 Å². The lowest BCUT2D eigenvalue weighted by atomic mass is 10.1. The van der Waals surface area contributed by atoms with E-state index >= 15 is 0 Å². The third-order valence-electron chi connectivity index (χ3n) is 5.91. The van der Waals surface area contributed by atoms with E-state index in [1.54, 1.807) is 30.3 Å². The van der Waals surface area contributed by atoms with Crippen LogP contribution >= 0.6 is 11.6 Å². The molecule has 0 fully saturated rings. The first kappa shape index (κ1) is 24.5. The van der Waals surface area contributed by atoms with Gasteiger partial charge in [0.25, 0.3) is 0 Å². The fourth-order valence-corrected chi connectivity index (χ4v) is 4.14. The first-order chi connectivity index (χ1) is 16.8. The molecule has 1 atom stereocenters. The van der Waals surface area contributed by atoms with Crippen LogP contribution in [-0.4, -0.2) is 41.4 Å². The molecular weight excluding hydrogens is 470 g/mol. The number of esters is 1. The number of carbonyl (C=O) groups excluding carboxylic acids is 3. The van der Waals surface area contributed by atoms with Crippen molar-refractivity contribution in [3.05, 3.63) is 82.1 Å². The number of aryl methyl sites for hydroxylation is 1. The summed E-state index contributed by atoms with van der Waals surface area (Å²) in [6.07, 6.45) is -0.307. The Balaban J connectivity index is 1.29. The van der Waals surface area contributed by atoms with Gasteiger partial charge >= 0.3 is 5.97 Å². The number of aromatic nitrogens is 1. The third kappa shape index (κ3) is 5.92. The maximum absolute atomic E-state index is 12.8. The molecule has 3 aromatic rings. The van der Waals surface area contributed by atoms with Crippen molar-refractivity contribution in [2.75, 3.05) is 13.2 Å². The molecule has 0 bridgehead atoms. The monoisotopic (exact) mass is 495 g/mol. The zero-order valence-electron chi connectivity index (χ0n) is 19.6. The Morgan fingerprint density at radius 3 is 2.46 bits per heavy atom. The molecule has 1 unspecified atom stereocenters. The normalized spacial score (nSPS) is 14.4. The van der Waals surface area contributed by atoms with E-state index in [0.717, 1.165) is 17.1 Å².